The maximum absolute atomic E-state index is 13.7. The Labute approximate surface area is 222 Å². The van der Waals surface area contributed by atoms with Gasteiger partial charge in [-0.25, -0.2) is 0 Å². The first-order chi connectivity index (χ1) is 17.8. The molecule has 0 bridgehead atoms. The van der Waals surface area contributed by atoms with E-state index in [1.54, 1.807) is 11.0 Å². The predicted octanol–water partition coefficient (Wildman–Crippen LogP) is 6.17. The molecule has 1 heterocycles. The van der Waals surface area contributed by atoms with E-state index in [0.29, 0.717) is 13.1 Å². The highest BCUT2D eigenvalue weighted by molar-refractivity contribution is 5.94. The van der Waals surface area contributed by atoms with Gasteiger partial charge in [-0.2, -0.15) is 0 Å². The molecule has 3 aromatic rings. The van der Waals surface area contributed by atoms with E-state index in [-0.39, 0.29) is 30.3 Å². The lowest BCUT2D eigenvalue weighted by molar-refractivity contribution is -0.140. The first-order valence-corrected chi connectivity index (χ1v) is 13.3. The number of hydrogen-bond donors (Lipinski definition) is 0. The van der Waals surface area contributed by atoms with Crippen molar-refractivity contribution in [2.45, 2.75) is 60.2 Å². The molecule has 0 radical (unpaired) electrons. The minimum absolute atomic E-state index is 0.0277. The van der Waals surface area contributed by atoms with Gasteiger partial charge >= 0.3 is 0 Å². The largest absolute Gasteiger partial charge is 0.345 e. The molecule has 0 saturated heterocycles. The van der Waals surface area contributed by atoms with Crippen LogP contribution in [0.2, 0.25) is 0 Å². The highest BCUT2D eigenvalue weighted by Crippen LogP contribution is 2.17. The molecule has 5 nitrogen and oxygen atoms in total. The molecule has 5 heteroatoms. The van der Waals surface area contributed by atoms with Crippen LogP contribution in [0.4, 0.5) is 0 Å². The summed E-state index contributed by atoms with van der Waals surface area (Å²) in [6.07, 6.45) is 6.30. The first kappa shape index (κ1) is 28.0. The van der Waals surface area contributed by atoms with Gasteiger partial charge in [-0.05, 0) is 61.1 Å². The number of rotatable bonds is 12. The zero-order chi connectivity index (χ0) is 26.8. The molecule has 1 unspecified atom stereocenters. The summed E-state index contributed by atoms with van der Waals surface area (Å²) < 4.78 is 2.21. The van der Waals surface area contributed by atoms with E-state index >= 15 is 0 Å². The van der Waals surface area contributed by atoms with Crippen LogP contribution < -0.4 is 0 Å². The van der Waals surface area contributed by atoms with Crippen molar-refractivity contribution in [1.29, 1.82) is 0 Å². The molecule has 0 aliphatic heterocycles. The summed E-state index contributed by atoms with van der Waals surface area (Å²) in [5.41, 5.74) is 4.56. The van der Waals surface area contributed by atoms with Crippen LogP contribution in [0.15, 0.2) is 79.0 Å². The molecule has 0 saturated carbocycles. The third-order valence-corrected chi connectivity index (χ3v) is 6.74. The van der Waals surface area contributed by atoms with Crippen molar-refractivity contribution in [1.82, 2.24) is 14.4 Å². The maximum Gasteiger partial charge on any atom is 0.247 e. The van der Waals surface area contributed by atoms with Crippen LogP contribution >= 0.6 is 0 Å². The Morgan fingerprint density at radius 2 is 1.65 bits per heavy atom. The number of carbonyl (C=O) groups excluding carboxylic acids is 2. The summed E-state index contributed by atoms with van der Waals surface area (Å²) in [5, 5.41) is 0. The Balaban J connectivity index is 1.77. The van der Waals surface area contributed by atoms with E-state index in [1.807, 2.05) is 47.4 Å². The molecule has 196 valence electrons. The quantitative estimate of drug-likeness (QED) is 0.280. The molecule has 2 amide bonds. The summed E-state index contributed by atoms with van der Waals surface area (Å²) in [7, 11) is 0. The first-order valence-electron chi connectivity index (χ1n) is 13.3. The summed E-state index contributed by atoms with van der Waals surface area (Å²) in [6.45, 7) is 12.3. The highest BCUT2D eigenvalue weighted by Gasteiger charge is 2.25. The second-order valence-electron chi connectivity index (χ2n) is 10.2. The van der Waals surface area contributed by atoms with Crippen LogP contribution in [0.3, 0.4) is 0 Å². The fourth-order valence-electron chi connectivity index (χ4n) is 4.37. The van der Waals surface area contributed by atoms with Crippen LogP contribution in [0, 0.1) is 12.8 Å². The standard InChI is InChI=1S/C32H41N3O2/c1-6-27(5)35(23-30-17-12-20-33(30)22-29-16-11-10-13-26(29)4)32(37)24-34(21-25(2)3)31(36)19-18-28-14-8-7-9-15-28/h7-20,25,27H,6,21-24H2,1-5H3. The molecule has 0 fully saturated rings. The van der Waals surface area contributed by atoms with Gasteiger partial charge < -0.3 is 14.4 Å². The Hall–Kier alpha value is -3.60. The summed E-state index contributed by atoms with van der Waals surface area (Å²) in [6, 6.07) is 22.3. The van der Waals surface area contributed by atoms with E-state index in [9.17, 15) is 9.59 Å². The van der Waals surface area contributed by atoms with Gasteiger partial charge in [-0.3, -0.25) is 9.59 Å². The highest BCUT2D eigenvalue weighted by atomic mass is 16.2. The Morgan fingerprint density at radius 1 is 0.946 bits per heavy atom. The average Bonchev–Trinajstić information content (AvgIpc) is 3.33. The molecule has 2 aromatic carbocycles. The SMILES string of the molecule is CCC(C)N(Cc1cccn1Cc1ccccc1C)C(=O)CN(CC(C)C)C(=O)C=Cc1ccccc1. The minimum Gasteiger partial charge on any atom is -0.345 e. The predicted molar refractivity (Wildman–Crippen MR) is 152 cm³/mol. The van der Waals surface area contributed by atoms with Gasteiger partial charge in [0.25, 0.3) is 0 Å². The van der Waals surface area contributed by atoms with Gasteiger partial charge in [0, 0.05) is 37.1 Å². The van der Waals surface area contributed by atoms with E-state index in [0.717, 1.165) is 24.2 Å². The maximum atomic E-state index is 13.7. The van der Waals surface area contributed by atoms with E-state index < -0.39 is 0 Å². The Kier molecular flexibility index (Phi) is 10.3. The monoisotopic (exact) mass is 499 g/mol. The molecule has 1 atom stereocenters. The van der Waals surface area contributed by atoms with Crippen molar-refractivity contribution in [2.24, 2.45) is 5.92 Å². The molecule has 37 heavy (non-hydrogen) atoms. The number of benzene rings is 2. The van der Waals surface area contributed by atoms with Crippen LogP contribution in [0.25, 0.3) is 6.08 Å². The summed E-state index contributed by atoms with van der Waals surface area (Å²) in [5.74, 6) is 0.0864. The summed E-state index contributed by atoms with van der Waals surface area (Å²) >= 11 is 0. The third-order valence-electron chi connectivity index (χ3n) is 6.74. The molecule has 0 aliphatic carbocycles. The van der Waals surface area contributed by atoms with Crippen molar-refractivity contribution in [3.8, 4) is 0 Å². The lowest BCUT2D eigenvalue weighted by atomic mass is 10.1. The van der Waals surface area contributed by atoms with Crippen molar-refractivity contribution in [3.05, 3.63) is 101 Å². The molecule has 3 rings (SSSR count). The Bertz CT molecular complexity index is 1180. The molecule has 0 spiro atoms. The third kappa shape index (κ3) is 8.21. The number of aromatic nitrogens is 1. The number of carbonyl (C=O) groups is 2. The van der Waals surface area contributed by atoms with E-state index in [2.05, 4.69) is 75.7 Å². The second-order valence-corrected chi connectivity index (χ2v) is 10.2. The minimum atomic E-state index is -0.141. The topological polar surface area (TPSA) is 45.6 Å². The van der Waals surface area contributed by atoms with Crippen LogP contribution in [-0.4, -0.2) is 45.3 Å². The fourth-order valence-corrected chi connectivity index (χ4v) is 4.37. The van der Waals surface area contributed by atoms with Crippen LogP contribution in [0.1, 0.15) is 56.5 Å². The van der Waals surface area contributed by atoms with Crippen molar-refractivity contribution < 1.29 is 9.59 Å². The van der Waals surface area contributed by atoms with Crippen molar-refractivity contribution in [2.75, 3.05) is 13.1 Å². The fraction of sp³-hybridized carbons (Fsp3) is 0.375. The second kappa shape index (κ2) is 13.6. The van der Waals surface area contributed by atoms with E-state index in [4.69, 9.17) is 0 Å². The number of aryl methyl sites for hydroxylation is 1. The molecule has 0 aliphatic rings. The van der Waals surface area contributed by atoms with Gasteiger partial charge in [-0.1, -0.05) is 75.4 Å². The molecule has 0 N–H and O–H groups in total. The zero-order valence-corrected chi connectivity index (χ0v) is 22.9. The van der Waals surface area contributed by atoms with Gasteiger partial charge in [0.05, 0.1) is 6.54 Å². The lowest BCUT2D eigenvalue weighted by Crippen LogP contribution is -2.46. The number of nitrogens with zero attached hydrogens (tertiary/aromatic N) is 3. The Morgan fingerprint density at radius 3 is 2.32 bits per heavy atom. The number of amides is 2. The van der Waals surface area contributed by atoms with Gasteiger partial charge in [0.15, 0.2) is 0 Å². The number of hydrogen-bond acceptors (Lipinski definition) is 2. The van der Waals surface area contributed by atoms with Gasteiger partial charge in [0.2, 0.25) is 11.8 Å². The van der Waals surface area contributed by atoms with Crippen molar-refractivity contribution in [3.63, 3.8) is 0 Å². The van der Waals surface area contributed by atoms with Crippen LogP contribution in [0.5, 0.6) is 0 Å². The molecular weight excluding hydrogens is 458 g/mol. The summed E-state index contributed by atoms with van der Waals surface area (Å²) in [4.78, 5) is 30.4. The normalized spacial score (nSPS) is 12.2. The smallest absolute Gasteiger partial charge is 0.247 e. The lowest BCUT2D eigenvalue weighted by Gasteiger charge is -2.32. The molecule has 1 aromatic heterocycles. The zero-order valence-electron chi connectivity index (χ0n) is 22.9. The van der Waals surface area contributed by atoms with Crippen molar-refractivity contribution >= 4 is 17.9 Å². The van der Waals surface area contributed by atoms with Crippen LogP contribution in [-0.2, 0) is 22.7 Å². The average molecular weight is 500 g/mol. The van der Waals surface area contributed by atoms with E-state index in [1.165, 1.54) is 11.1 Å². The van der Waals surface area contributed by atoms with Gasteiger partial charge in [0.1, 0.15) is 6.54 Å². The van der Waals surface area contributed by atoms with Gasteiger partial charge in [-0.15, -0.1) is 0 Å². The molecular formula is C32H41N3O2.